The fraction of sp³-hybridized carbons (Fsp3) is 0.130. The van der Waals surface area contributed by atoms with Gasteiger partial charge < -0.3 is 4.74 Å². The minimum atomic E-state index is -0.164. The van der Waals surface area contributed by atoms with Crippen LogP contribution in [-0.2, 0) is 0 Å². The van der Waals surface area contributed by atoms with Crippen molar-refractivity contribution in [3.05, 3.63) is 102 Å². The van der Waals surface area contributed by atoms with E-state index in [2.05, 4.69) is 0 Å². The molecule has 0 fully saturated rings. The second-order valence-electron chi connectivity index (χ2n) is 6.43. The average Bonchev–Trinajstić information content (AvgIpc) is 3.20. The molecule has 0 spiro atoms. The summed E-state index contributed by atoms with van der Waals surface area (Å²) < 4.78 is 5.37. The summed E-state index contributed by atoms with van der Waals surface area (Å²) in [5, 5.41) is 6.31. The molecule has 4 heteroatoms. The molecule has 1 heterocycles. The molecule has 3 aromatic carbocycles. The first-order chi connectivity index (χ1) is 13.3. The van der Waals surface area contributed by atoms with Gasteiger partial charge in [-0.1, -0.05) is 60.7 Å². The fourth-order valence-corrected chi connectivity index (χ4v) is 3.32. The summed E-state index contributed by atoms with van der Waals surface area (Å²) in [5.41, 5.74) is 3.58. The second kappa shape index (κ2) is 7.46. The highest BCUT2D eigenvalue weighted by molar-refractivity contribution is 6.05. The number of amides is 1. The van der Waals surface area contributed by atoms with Gasteiger partial charge in [0.05, 0.1) is 18.9 Å². The Bertz CT molecular complexity index is 968. The van der Waals surface area contributed by atoms with Gasteiger partial charge in [-0.25, -0.2) is 5.01 Å². The van der Waals surface area contributed by atoms with Crippen LogP contribution in [0.2, 0.25) is 0 Å². The molecule has 27 heavy (non-hydrogen) atoms. The van der Waals surface area contributed by atoms with Crippen LogP contribution in [0.3, 0.4) is 0 Å². The van der Waals surface area contributed by atoms with Crippen LogP contribution in [0.1, 0.15) is 33.9 Å². The Morgan fingerprint density at radius 1 is 0.963 bits per heavy atom. The van der Waals surface area contributed by atoms with Gasteiger partial charge in [0.1, 0.15) is 5.75 Å². The zero-order chi connectivity index (χ0) is 18.6. The Morgan fingerprint density at radius 2 is 1.67 bits per heavy atom. The summed E-state index contributed by atoms with van der Waals surface area (Å²) in [7, 11) is 1.65. The molecule has 1 amide bonds. The Hall–Kier alpha value is -3.40. The lowest BCUT2D eigenvalue weighted by molar-refractivity contribution is 0.0711. The number of rotatable bonds is 4. The topological polar surface area (TPSA) is 41.9 Å². The van der Waals surface area contributed by atoms with Crippen LogP contribution in [0, 0.1) is 0 Å². The lowest BCUT2D eigenvalue weighted by Gasteiger charge is -2.22. The maximum absolute atomic E-state index is 13.1. The van der Waals surface area contributed by atoms with Crippen molar-refractivity contribution >= 4 is 11.6 Å². The predicted octanol–water partition coefficient (Wildman–Crippen LogP) is 4.69. The Kier molecular flexibility index (Phi) is 4.71. The van der Waals surface area contributed by atoms with Crippen molar-refractivity contribution in [2.24, 2.45) is 5.10 Å². The molecule has 3 aromatic rings. The number of carbonyl (C=O) groups excluding carboxylic acids is 1. The van der Waals surface area contributed by atoms with Gasteiger partial charge in [0, 0.05) is 12.0 Å². The van der Waals surface area contributed by atoms with Gasteiger partial charge in [0.15, 0.2) is 0 Å². The van der Waals surface area contributed by atoms with Gasteiger partial charge in [0.25, 0.3) is 5.91 Å². The monoisotopic (exact) mass is 356 g/mol. The highest BCUT2D eigenvalue weighted by Crippen LogP contribution is 2.35. The molecule has 0 N–H and O–H groups in total. The quantitative estimate of drug-likeness (QED) is 0.681. The highest BCUT2D eigenvalue weighted by atomic mass is 16.5. The number of nitrogens with zero attached hydrogens (tertiary/aromatic N) is 2. The first-order valence-corrected chi connectivity index (χ1v) is 8.92. The maximum atomic E-state index is 13.1. The van der Waals surface area contributed by atoms with Gasteiger partial charge in [0.2, 0.25) is 0 Å². The largest absolute Gasteiger partial charge is 0.497 e. The van der Waals surface area contributed by atoms with Gasteiger partial charge >= 0.3 is 0 Å². The molecule has 0 aromatic heterocycles. The lowest BCUT2D eigenvalue weighted by Crippen LogP contribution is -2.27. The molecule has 4 rings (SSSR count). The molecule has 0 saturated carbocycles. The van der Waals surface area contributed by atoms with E-state index in [1.807, 2.05) is 84.9 Å². The summed E-state index contributed by atoms with van der Waals surface area (Å²) in [4.78, 5) is 13.1. The van der Waals surface area contributed by atoms with E-state index in [0.29, 0.717) is 12.0 Å². The number of ether oxygens (including phenoxy) is 1. The molecule has 4 nitrogen and oxygen atoms in total. The fourth-order valence-electron chi connectivity index (χ4n) is 3.32. The number of benzene rings is 3. The van der Waals surface area contributed by atoms with Crippen molar-refractivity contribution in [2.45, 2.75) is 12.5 Å². The van der Waals surface area contributed by atoms with Gasteiger partial charge in [-0.3, -0.25) is 4.79 Å². The van der Waals surface area contributed by atoms with E-state index in [0.717, 1.165) is 22.6 Å². The van der Waals surface area contributed by atoms with Crippen molar-refractivity contribution in [1.82, 2.24) is 5.01 Å². The molecule has 1 aliphatic heterocycles. The Balaban J connectivity index is 1.74. The number of hydrogen-bond acceptors (Lipinski definition) is 3. The van der Waals surface area contributed by atoms with Crippen molar-refractivity contribution < 1.29 is 9.53 Å². The van der Waals surface area contributed by atoms with E-state index in [-0.39, 0.29) is 11.9 Å². The Labute approximate surface area is 158 Å². The van der Waals surface area contributed by atoms with Gasteiger partial charge in [-0.05, 0) is 35.4 Å². The average molecular weight is 356 g/mol. The van der Waals surface area contributed by atoms with Crippen LogP contribution in [0.25, 0.3) is 0 Å². The summed E-state index contributed by atoms with van der Waals surface area (Å²) in [6.07, 6.45) is 0.662. The first-order valence-electron chi connectivity index (χ1n) is 8.92. The van der Waals surface area contributed by atoms with Crippen LogP contribution in [0.4, 0.5) is 0 Å². The van der Waals surface area contributed by atoms with Crippen molar-refractivity contribution in [2.75, 3.05) is 7.11 Å². The molecule has 1 unspecified atom stereocenters. The number of hydrogen-bond donors (Lipinski definition) is 0. The predicted molar refractivity (Wildman–Crippen MR) is 106 cm³/mol. The SMILES string of the molecule is COc1cccc(C2CC(c3ccccc3)=NN2C(=O)c2ccccc2)c1. The molecule has 1 atom stereocenters. The second-order valence-corrected chi connectivity index (χ2v) is 6.43. The van der Waals surface area contributed by atoms with E-state index in [1.165, 1.54) is 0 Å². The third-order valence-corrected chi connectivity index (χ3v) is 4.72. The maximum Gasteiger partial charge on any atom is 0.274 e. The summed E-state index contributed by atoms with van der Waals surface area (Å²) >= 11 is 0. The Morgan fingerprint density at radius 3 is 2.37 bits per heavy atom. The van der Waals surface area contributed by atoms with E-state index >= 15 is 0 Å². The summed E-state index contributed by atoms with van der Waals surface area (Å²) in [5.74, 6) is 0.669. The highest BCUT2D eigenvalue weighted by Gasteiger charge is 2.33. The molecule has 0 bridgehead atoms. The molecular weight excluding hydrogens is 336 g/mol. The standard InChI is InChI=1S/C23H20N2O2/c1-27-20-14-8-13-19(15-20)22-16-21(17-9-4-2-5-10-17)24-25(22)23(26)18-11-6-3-7-12-18/h2-15,22H,16H2,1H3. The van der Waals surface area contributed by atoms with Crippen molar-refractivity contribution in [3.63, 3.8) is 0 Å². The van der Waals surface area contributed by atoms with Crippen LogP contribution < -0.4 is 4.74 Å². The minimum Gasteiger partial charge on any atom is -0.497 e. The van der Waals surface area contributed by atoms with Crippen LogP contribution >= 0.6 is 0 Å². The van der Waals surface area contributed by atoms with Crippen molar-refractivity contribution in [3.8, 4) is 5.75 Å². The van der Waals surface area contributed by atoms with Gasteiger partial charge in [-0.2, -0.15) is 5.10 Å². The first kappa shape index (κ1) is 17.0. The van der Waals surface area contributed by atoms with E-state index in [1.54, 1.807) is 12.1 Å². The van der Waals surface area contributed by atoms with Gasteiger partial charge in [-0.15, -0.1) is 0 Å². The van der Waals surface area contributed by atoms with E-state index in [4.69, 9.17) is 9.84 Å². The summed E-state index contributed by atoms with van der Waals surface area (Å²) in [6, 6.07) is 26.9. The normalized spacial score (nSPS) is 16.1. The molecule has 134 valence electrons. The third kappa shape index (κ3) is 3.47. The number of hydrazone groups is 1. The molecule has 0 aliphatic carbocycles. The van der Waals surface area contributed by atoms with Crippen LogP contribution in [0.15, 0.2) is 90.0 Å². The van der Waals surface area contributed by atoms with Crippen LogP contribution in [0.5, 0.6) is 5.75 Å². The molecule has 0 radical (unpaired) electrons. The lowest BCUT2D eigenvalue weighted by atomic mass is 9.98. The smallest absolute Gasteiger partial charge is 0.274 e. The molecule has 0 saturated heterocycles. The number of methoxy groups -OCH3 is 1. The molecular formula is C23H20N2O2. The van der Waals surface area contributed by atoms with Crippen molar-refractivity contribution in [1.29, 1.82) is 0 Å². The molecule has 1 aliphatic rings. The zero-order valence-corrected chi connectivity index (χ0v) is 15.1. The minimum absolute atomic E-state index is 0.102. The van der Waals surface area contributed by atoms with E-state index < -0.39 is 0 Å². The zero-order valence-electron chi connectivity index (χ0n) is 15.1. The van der Waals surface area contributed by atoms with E-state index in [9.17, 15) is 4.79 Å². The third-order valence-electron chi connectivity index (χ3n) is 4.72. The summed E-state index contributed by atoms with van der Waals surface area (Å²) in [6.45, 7) is 0. The van der Waals surface area contributed by atoms with Crippen LogP contribution in [-0.4, -0.2) is 23.7 Å². The number of carbonyl (C=O) groups is 1.